The third-order valence-corrected chi connectivity index (χ3v) is 2.55. The summed E-state index contributed by atoms with van der Waals surface area (Å²) in [5, 5.41) is 12.9. The van der Waals surface area contributed by atoms with E-state index in [4.69, 9.17) is 45.9 Å². The molecule has 0 aliphatic rings. The van der Waals surface area contributed by atoms with Crippen LogP contribution in [0.5, 0.6) is 0 Å². The van der Waals surface area contributed by atoms with Gasteiger partial charge < -0.3 is 0 Å². The molecule has 0 atom stereocenters. The van der Waals surface area contributed by atoms with Crippen molar-refractivity contribution in [2.75, 3.05) is 5.43 Å². The first-order chi connectivity index (χ1) is 8.49. The second-order valence-corrected chi connectivity index (χ2v) is 4.15. The fourth-order valence-electron chi connectivity index (χ4n) is 0.956. The van der Waals surface area contributed by atoms with Gasteiger partial charge in [-0.15, -0.1) is 0 Å². The summed E-state index contributed by atoms with van der Waals surface area (Å²) in [6, 6.07) is 4.42. The molecule has 0 bridgehead atoms. The summed E-state index contributed by atoms with van der Waals surface area (Å²) < 4.78 is 0. The number of nitrogens with two attached hydrogens (primary N) is 1. The van der Waals surface area contributed by atoms with Gasteiger partial charge in [0.05, 0.1) is 15.7 Å². The maximum atomic E-state index is 11.1. The van der Waals surface area contributed by atoms with Gasteiger partial charge >= 0.3 is 0 Å². The lowest BCUT2D eigenvalue weighted by Gasteiger charge is -2.06. The standard InChI is InChI=1S/C9H6Cl3N5O/c10-4-1-5(11)8(6(12)2-4)17-16-7(3-13)9(18)15-14/h1-2,17H,14H2,(H,15,18)/b16-7-. The van der Waals surface area contributed by atoms with Crippen LogP contribution in [0.2, 0.25) is 15.1 Å². The van der Waals surface area contributed by atoms with Crippen molar-refractivity contribution in [1.29, 1.82) is 5.26 Å². The van der Waals surface area contributed by atoms with Gasteiger partial charge in [-0.05, 0) is 12.1 Å². The van der Waals surface area contributed by atoms with Crippen molar-refractivity contribution in [2.45, 2.75) is 0 Å². The van der Waals surface area contributed by atoms with E-state index in [0.717, 1.165) is 0 Å². The van der Waals surface area contributed by atoms with Crippen LogP contribution in [0, 0.1) is 11.3 Å². The van der Waals surface area contributed by atoms with Gasteiger partial charge in [-0.1, -0.05) is 34.8 Å². The first kappa shape index (κ1) is 14.5. The molecule has 0 spiro atoms. The molecule has 6 nitrogen and oxygen atoms in total. The second kappa shape index (κ2) is 6.42. The van der Waals surface area contributed by atoms with Crippen LogP contribution in [0.25, 0.3) is 0 Å². The first-order valence-electron chi connectivity index (χ1n) is 4.39. The Morgan fingerprint density at radius 2 is 1.89 bits per heavy atom. The van der Waals surface area contributed by atoms with Crippen LogP contribution in [0.1, 0.15) is 0 Å². The van der Waals surface area contributed by atoms with Crippen molar-refractivity contribution in [3.05, 3.63) is 27.2 Å². The number of hydrogen-bond acceptors (Lipinski definition) is 5. The predicted molar refractivity (Wildman–Crippen MR) is 70.5 cm³/mol. The molecule has 1 rings (SSSR count). The fraction of sp³-hybridized carbons (Fsp3) is 0. The highest BCUT2D eigenvalue weighted by Gasteiger charge is 2.11. The Kier molecular flexibility index (Phi) is 5.19. The number of hydrogen-bond donors (Lipinski definition) is 3. The van der Waals surface area contributed by atoms with Crippen LogP contribution in [0.3, 0.4) is 0 Å². The molecular weight excluding hydrogens is 300 g/mol. The van der Waals surface area contributed by atoms with E-state index in [9.17, 15) is 4.79 Å². The van der Waals surface area contributed by atoms with E-state index >= 15 is 0 Å². The molecule has 0 aliphatic heterocycles. The second-order valence-electron chi connectivity index (χ2n) is 2.90. The summed E-state index contributed by atoms with van der Waals surface area (Å²) in [4.78, 5) is 11.1. The lowest BCUT2D eigenvalue weighted by molar-refractivity contribution is -0.114. The molecule has 18 heavy (non-hydrogen) atoms. The van der Waals surface area contributed by atoms with Gasteiger partial charge in [0.2, 0.25) is 5.71 Å². The molecule has 0 saturated carbocycles. The maximum absolute atomic E-state index is 11.1. The molecule has 4 N–H and O–H groups in total. The predicted octanol–water partition coefficient (Wildman–Crippen LogP) is 1.93. The number of carbonyl (C=O) groups excluding carboxylic acids is 1. The van der Waals surface area contributed by atoms with Gasteiger partial charge in [0.25, 0.3) is 5.91 Å². The van der Waals surface area contributed by atoms with Gasteiger partial charge in [-0.2, -0.15) is 10.4 Å². The summed E-state index contributed by atoms with van der Waals surface area (Å²) in [5.41, 5.74) is 3.92. The SMILES string of the molecule is N#C/C(=N/Nc1c(Cl)cc(Cl)cc1Cl)C(=O)NN. The van der Waals surface area contributed by atoms with Crippen molar-refractivity contribution in [1.82, 2.24) is 5.43 Å². The molecule has 0 saturated heterocycles. The number of nitriles is 1. The van der Waals surface area contributed by atoms with Gasteiger partial charge in [0, 0.05) is 5.02 Å². The summed E-state index contributed by atoms with van der Waals surface area (Å²) >= 11 is 17.5. The van der Waals surface area contributed by atoms with Crippen molar-refractivity contribution in [3.8, 4) is 6.07 Å². The Morgan fingerprint density at radius 3 is 2.33 bits per heavy atom. The van der Waals surface area contributed by atoms with Gasteiger partial charge in [0.1, 0.15) is 6.07 Å². The van der Waals surface area contributed by atoms with Gasteiger partial charge in [-0.25, -0.2) is 5.84 Å². The number of rotatable bonds is 3. The zero-order valence-corrected chi connectivity index (χ0v) is 10.9. The lowest BCUT2D eigenvalue weighted by Crippen LogP contribution is -2.36. The van der Waals surface area contributed by atoms with Crippen LogP contribution >= 0.6 is 34.8 Å². The minimum atomic E-state index is -0.841. The average molecular weight is 307 g/mol. The monoisotopic (exact) mass is 305 g/mol. The molecule has 0 fully saturated rings. The van der Waals surface area contributed by atoms with E-state index in [-0.39, 0.29) is 15.7 Å². The average Bonchev–Trinajstić information content (AvgIpc) is 2.31. The van der Waals surface area contributed by atoms with Crippen LogP contribution in [-0.2, 0) is 4.79 Å². The molecule has 0 radical (unpaired) electrons. The fourth-order valence-corrected chi connectivity index (χ4v) is 1.86. The van der Waals surface area contributed by atoms with Crippen molar-refractivity contribution in [3.63, 3.8) is 0 Å². The van der Waals surface area contributed by atoms with E-state index in [0.29, 0.717) is 5.02 Å². The first-order valence-corrected chi connectivity index (χ1v) is 5.52. The van der Waals surface area contributed by atoms with E-state index in [1.165, 1.54) is 12.1 Å². The number of anilines is 1. The van der Waals surface area contributed by atoms with Crippen LogP contribution in [0.4, 0.5) is 5.69 Å². The van der Waals surface area contributed by atoms with Crippen LogP contribution in [0.15, 0.2) is 17.2 Å². The lowest BCUT2D eigenvalue weighted by atomic mass is 10.3. The number of nitrogens with zero attached hydrogens (tertiary/aromatic N) is 2. The molecule has 0 unspecified atom stereocenters. The molecule has 0 aliphatic carbocycles. The van der Waals surface area contributed by atoms with Crippen molar-refractivity contribution in [2.24, 2.45) is 10.9 Å². The zero-order valence-electron chi connectivity index (χ0n) is 8.67. The smallest absolute Gasteiger partial charge is 0.288 e. The highest BCUT2D eigenvalue weighted by molar-refractivity contribution is 6.45. The highest BCUT2D eigenvalue weighted by atomic mass is 35.5. The summed E-state index contributed by atoms with van der Waals surface area (Å²) in [6.07, 6.45) is 0. The zero-order chi connectivity index (χ0) is 13.7. The van der Waals surface area contributed by atoms with Gasteiger partial charge in [-0.3, -0.25) is 15.6 Å². The quantitative estimate of drug-likeness (QED) is 0.343. The van der Waals surface area contributed by atoms with Crippen LogP contribution in [-0.4, -0.2) is 11.6 Å². The Hall–Kier alpha value is -1.52. The molecule has 94 valence electrons. The number of hydrazone groups is 1. The molecule has 1 aromatic carbocycles. The van der Waals surface area contributed by atoms with E-state index in [1.54, 1.807) is 11.5 Å². The Morgan fingerprint density at radius 1 is 1.33 bits per heavy atom. The molecule has 0 heterocycles. The summed E-state index contributed by atoms with van der Waals surface area (Å²) in [7, 11) is 0. The third-order valence-electron chi connectivity index (χ3n) is 1.74. The van der Waals surface area contributed by atoms with Crippen LogP contribution < -0.4 is 16.7 Å². The number of amides is 1. The molecule has 0 aromatic heterocycles. The Bertz CT molecular complexity index is 529. The minimum absolute atomic E-state index is 0.196. The number of nitrogens with one attached hydrogen (secondary N) is 2. The maximum Gasteiger partial charge on any atom is 0.296 e. The summed E-state index contributed by atoms with van der Waals surface area (Å²) in [5.74, 6) is 4.03. The topological polar surface area (TPSA) is 103 Å². The molecule has 1 amide bonds. The highest BCUT2D eigenvalue weighted by Crippen LogP contribution is 2.33. The number of hydrazine groups is 1. The molecular formula is C9H6Cl3N5O. The number of halogens is 3. The van der Waals surface area contributed by atoms with E-state index in [1.807, 2.05) is 0 Å². The Balaban J connectivity index is 3.03. The molecule has 9 heteroatoms. The van der Waals surface area contributed by atoms with Gasteiger partial charge in [0.15, 0.2) is 0 Å². The number of benzene rings is 1. The van der Waals surface area contributed by atoms with Crippen molar-refractivity contribution >= 4 is 52.1 Å². The molecule has 1 aromatic rings. The number of carbonyl (C=O) groups is 1. The normalized spacial score (nSPS) is 10.7. The van der Waals surface area contributed by atoms with E-state index < -0.39 is 11.6 Å². The Labute approximate surface area is 117 Å². The minimum Gasteiger partial charge on any atom is -0.288 e. The van der Waals surface area contributed by atoms with E-state index in [2.05, 4.69) is 10.5 Å². The third kappa shape index (κ3) is 3.48. The van der Waals surface area contributed by atoms with Crippen molar-refractivity contribution < 1.29 is 4.79 Å². The summed E-state index contributed by atoms with van der Waals surface area (Å²) in [6.45, 7) is 0. The largest absolute Gasteiger partial charge is 0.296 e.